The molecule has 0 aliphatic heterocycles. The summed E-state index contributed by atoms with van der Waals surface area (Å²) in [7, 11) is 0. The molecule has 1 N–H and O–H groups in total. The first-order chi connectivity index (χ1) is 11.5. The van der Waals surface area contributed by atoms with Gasteiger partial charge < -0.3 is 5.32 Å². The SMILES string of the molecule is C[C@@H](Sc1nnc2c(Cl)cc(Cl)cn12)C(=O)Nc1ccccc1F. The topological polar surface area (TPSA) is 59.3 Å². The summed E-state index contributed by atoms with van der Waals surface area (Å²) < 4.78 is 15.2. The van der Waals surface area contributed by atoms with Crippen molar-refractivity contribution < 1.29 is 9.18 Å². The highest BCUT2D eigenvalue weighted by Gasteiger charge is 2.20. The molecular weight excluding hydrogens is 374 g/mol. The highest BCUT2D eigenvalue weighted by atomic mass is 35.5. The minimum absolute atomic E-state index is 0.132. The molecule has 0 fully saturated rings. The largest absolute Gasteiger partial charge is 0.323 e. The first-order valence-electron chi connectivity index (χ1n) is 6.87. The molecule has 0 aliphatic rings. The number of thioether (sulfide) groups is 1. The third kappa shape index (κ3) is 3.48. The van der Waals surface area contributed by atoms with Crippen LogP contribution in [0.5, 0.6) is 0 Å². The van der Waals surface area contributed by atoms with E-state index in [0.717, 1.165) is 0 Å². The Labute approximate surface area is 151 Å². The monoisotopic (exact) mass is 384 g/mol. The van der Waals surface area contributed by atoms with E-state index in [2.05, 4.69) is 15.5 Å². The molecule has 2 heterocycles. The van der Waals surface area contributed by atoms with Crippen LogP contribution < -0.4 is 5.32 Å². The third-order valence-electron chi connectivity index (χ3n) is 3.18. The molecule has 3 rings (SSSR count). The summed E-state index contributed by atoms with van der Waals surface area (Å²) in [5.74, 6) is -0.843. The zero-order valence-corrected chi connectivity index (χ0v) is 14.7. The first-order valence-corrected chi connectivity index (χ1v) is 8.51. The first kappa shape index (κ1) is 17.0. The maximum atomic E-state index is 13.6. The van der Waals surface area contributed by atoms with Crippen molar-refractivity contribution in [3.05, 3.63) is 52.4 Å². The quantitative estimate of drug-likeness (QED) is 0.681. The van der Waals surface area contributed by atoms with E-state index < -0.39 is 11.1 Å². The van der Waals surface area contributed by atoms with Crippen LogP contribution in [-0.4, -0.2) is 25.8 Å². The highest BCUT2D eigenvalue weighted by Crippen LogP contribution is 2.28. The van der Waals surface area contributed by atoms with E-state index >= 15 is 0 Å². The smallest absolute Gasteiger partial charge is 0.237 e. The van der Waals surface area contributed by atoms with Crippen molar-refractivity contribution in [2.24, 2.45) is 0 Å². The second-order valence-corrected chi connectivity index (χ2v) is 7.06. The number of pyridine rings is 1. The van der Waals surface area contributed by atoms with Gasteiger partial charge >= 0.3 is 0 Å². The van der Waals surface area contributed by atoms with Gasteiger partial charge in [-0.15, -0.1) is 10.2 Å². The molecule has 2 aromatic heterocycles. The van der Waals surface area contributed by atoms with Gasteiger partial charge in [0.05, 0.1) is 21.0 Å². The molecule has 5 nitrogen and oxygen atoms in total. The second kappa shape index (κ2) is 6.96. The zero-order valence-electron chi connectivity index (χ0n) is 12.3. The van der Waals surface area contributed by atoms with Gasteiger partial charge in [0, 0.05) is 6.20 Å². The summed E-state index contributed by atoms with van der Waals surface area (Å²) >= 11 is 13.2. The van der Waals surface area contributed by atoms with Crippen LogP contribution >= 0.6 is 35.0 Å². The van der Waals surface area contributed by atoms with Gasteiger partial charge in [0.15, 0.2) is 10.8 Å². The average molecular weight is 385 g/mol. The summed E-state index contributed by atoms with van der Waals surface area (Å²) in [6, 6.07) is 7.54. The minimum atomic E-state index is -0.533. The molecule has 1 aromatic carbocycles. The van der Waals surface area contributed by atoms with Gasteiger partial charge in [-0.3, -0.25) is 9.20 Å². The lowest BCUT2D eigenvalue weighted by Gasteiger charge is -2.11. The van der Waals surface area contributed by atoms with Crippen molar-refractivity contribution in [2.45, 2.75) is 17.3 Å². The van der Waals surface area contributed by atoms with Crippen LogP contribution in [0.2, 0.25) is 10.0 Å². The van der Waals surface area contributed by atoms with E-state index in [-0.39, 0.29) is 11.6 Å². The molecule has 0 radical (unpaired) electrons. The van der Waals surface area contributed by atoms with Gasteiger partial charge in [-0.25, -0.2) is 4.39 Å². The highest BCUT2D eigenvalue weighted by molar-refractivity contribution is 8.00. The number of aromatic nitrogens is 3. The lowest BCUT2D eigenvalue weighted by Crippen LogP contribution is -2.23. The van der Waals surface area contributed by atoms with Gasteiger partial charge in [0.2, 0.25) is 5.91 Å². The number of anilines is 1. The summed E-state index contributed by atoms with van der Waals surface area (Å²) in [6.07, 6.45) is 1.62. The molecule has 0 saturated carbocycles. The molecule has 0 bridgehead atoms. The van der Waals surface area contributed by atoms with Crippen LogP contribution in [0.4, 0.5) is 10.1 Å². The van der Waals surface area contributed by atoms with Crippen molar-refractivity contribution in [1.82, 2.24) is 14.6 Å². The lowest BCUT2D eigenvalue weighted by molar-refractivity contribution is -0.115. The van der Waals surface area contributed by atoms with Crippen molar-refractivity contribution in [1.29, 1.82) is 0 Å². The van der Waals surface area contributed by atoms with Crippen LogP contribution in [0.15, 0.2) is 41.7 Å². The fraction of sp³-hybridized carbons (Fsp3) is 0.133. The summed E-state index contributed by atoms with van der Waals surface area (Å²) in [5, 5.41) is 11.3. The van der Waals surface area contributed by atoms with E-state index in [9.17, 15) is 9.18 Å². The normalized spacial score (nSPS) is 12.3. The van der Waals surface area contributed by atoms with Crippen LogP contribution in [0.3, 0.4) is 0 Å². The fourth-order valence-corrected chi connectivity index (χ4v) is 3.32. The Morgan fingerprint density at radius 2 is 2.08 bits per heavy atom. The molecule has 3 aromatic rings. The molecule has 0 aliphatic carbocycles. The number of rotatable bonds is 4. The van der Waals surface area contributed by atoms with E-state index in [1.54, 1.807) is 35.7 Å². The van der Waals surface area contributed by atoms with Crippen molar-refractivity contribution in [3.8, 4) is 0 Å². The molecule has 0 unspecified atom stereocenters. The van der Waals surface area contributed by atoms with E-state index in [0.29, 0.717) is 20.8 Å². The van der Waals surface area contributed by atoms with Gasteiger partial charge in [-0.05, 0) is 25.1 Å². The zero-order chi connectivity index (χ0) is 17.3. The van der Waals surface area contributed by atoms with Gasteiger partial charge in [0.25, 0.3) is 0 Å². The lowest BCUT2D eigenvalue weighted by atomic mass is 10.3. The second-order valence-electron chi connectivity index (χ2n) is 4.91. The number of hydrogen-bond donors (Lipinski definition) is 1. The predicted octanol–water partition coefficient (Wildman–Crippen LogP) is 4.29. The van der Waals surface area contributed by atoms with E-state index in [1.807, 2.05) is 0 Å². The summed E-state index contributed by atoms with van der Waals surface area (Å²) in [4.78, 5) is 12.3. The molecule has 24 heavy (non-hydrogen) atoms. The van der Waals surface area contributed by atoms with Crippen molar-refractivity contribution in [2.75, 3.05) is 5.32 Å². The number of carbonyl (C=O) groups is 1. The molecule has 1 atom stereocenters. The van der Waals surface area contributed by atoms with Crippen molar-refractivity contribution >= 4 is 52.2 Å². The standard InChI is InChI=1S/C15H11Cl2FN4OS/c1-8(14(23)19-12-5-3-2-4-11(12)18)24-15-21-20-13-10(17)6-9(16)7-22(13)15/h2-8H,1H3,(H,19,23)/t8-/m1/s1. The third-order valence-corrected chi connectivity index (χ3v) is 4.72. The Morgan fingerprint density at radius 1 is 1.33 bits per heavy atom. The number of halogens is 3. The van der Waals surface area contributed by atoms with Gasteiger partial charge in [-0.1, -0.05) is 47.1 Å². The van der Waals surface area contributed by atoms with Crippen LogP contribution in [0.1, 0.15) is 6.92 Å². The number of nitrogens with one attached hydrogen (secondary N) is 1. The van der Waals surface area contributed by atoms with Gasteiger partial charge in [-0.2, -0.15) is 0 Å². The Bertz CT molecular complexity index is 918. The predicted molar refractivity (Wildman–Crippen MR) is 93.4 cm³/mol. The maximum Gasteiger partial charge on any atom is 0.237 e. The molecule has 0 spiro atoms. The molecule has 9 heteroatoms. The Balaban J connectivity index is 1.78. The average Bonchev–Trinajstić information content (AvgIpc) is 2.92. The summed E-state index contributed by atoms with van der Waals surface area (Å²) in [5.41, 5.74) is 0.581. The maximum absolute atomic E-state index is 13.6. The minimum Gasteiger partial charge on any atom is -0.323 e. The number of fused-ring (bicyclic) bond motifs is 1. The number of benzene rings is 1. The Kier molecular flexibility index (Phi) is 4.93. The number of hydrogen-bond acceptors (Lipinski definition) is 4. The molecule has 0 saturated heterocycles. The molecule has 1 amide bonds. The fourth-order valence-electron chi connectivity index (χ4n) is 1.99. The van der Waals surface area contributed by atoms with Crippen molar-refractivity contribution in [3.63, 3.8) is 0 Å². The van der Waals surface area contributed by atoms with Gasteiger partial charge in [0.1, 0.15) is 5.82 Å². The molecular formula is C15H11Cl2FN4OS. The van der Waals surface area contributed by atoms with Crippen LogP contribution in [-0.2, 0) is 4.79 Å². The number of carbonyl (C=O) groups excluding carboxylic acids is 1. The van der Waals surface area contributed by atoms with E-state index in [4.69, 9.17) is 23.2 Å². The Hall–Kier alpha value is -1.83. The van der Waals surface area contributed by atoms with Crippen LogP contribution in [0, 0.1) is 5.82 Å². The summed E-state index contributed by atoms with van der Waals surface area (Å²) in [6.45, 7) is 1.69. The number of amides is 1. The van der Waals surface area contributed by atoms with E-state index in [1.165, 1.54) is 23.9 Å². The molecule has 124 valence electrons. The van der Waals surface area contributed by atoms with Crippen LogP contribution in [0.25, 0.3) is 5.65 Å². The number of nitrogens with zero attached hydrogens (tertiary/aromatic N) is 3. The Morgan fingerprint density at radius 3 is 2.83 bits per heavy atom. The number of para-hydroxylation sites is 1.